The predicted molar refractivity (Wildman–Crippen MR) is 132 cm³/mol. The van der Waals surface area contributed by atoms with Crippen LogP contribution in [0.15, 0.2) is 83.3 Å². The average molecular weight is 458 g/mol. The molecular weight excluding hydrogens is 434 g/mol. The maximum absolute atomic E-state index is 10.6. The van der Waals surface area contributed by atoms with Gasteiger partial charge in [-0.15, -0.1) is 11.3 Å². The molecule has 4 aromatic rings. The second-order valence-electron chi connectivity index (χ2n) is 7.64. The van der Waals surface area contributed by atoms with Crippen LogP contribution < -0.4 is 14.5 Å². The van der Waals surface area contributed by atoms with Gasteiger partial charge in [0, 0.05) is 22.9 Å². The Morgan fingerprint density at radius 3 is 2.15 bits per heavy atom. The number of hydrogen-bond acceptors (Lipinski definition) is 7. The first-order valence-electron chi connectivity index (χ1n) is 10.6. The minimum Gasteiger partial charge on any atom is -0.508 e. The summed E-state index contributed by atoms with van der Waals surface area (Å²) in [7, 11) is 3.31. The van der Waals surface area contributed by atoms with E-state index >= 15 is 0 Å². The van der Waals surface area contributed by atoms with E-state index in [0.717, 1.165) is 44.7 Å². The Hall–Kier alpha value is -3.84. The van der Waals surface area contributed by atoms with Crippen molar-refractivity contribution < 1.29 is 14.6 Å². The lowest BCUT2D eigenvalue weighted by Crippen LogP contribution is -2.18. The van der Waals surface area contributed by atoms with Gasteiger partial charge in [-0.05, 0) is 60.2 Å². The van der Waals surface area contributed by atoms with E-state index in [1.54, 1.807) is 20.3 Å². The molecule has 3 aromatic carbocycles. The van der Waals surface area contributed by atoms with Crippen LogP contribution in [-0.2, 0) is 0 Å². The quantitative estimate of drug-likeness (QED) is 0.391. The first-order chi connectivity index (χ1) is 16.2. The zero-order chi connectivity index (χ0) is 22.8. The molecule has 6 nitrogen and oxygen atoms in total. The highest BCUT2D eigenvalue weighted by atomic mass is 32.1. The molecule has 0 saturated carbocycles. The summed E-state index contributed by atoms with van der Waals surface area (Å²) in [6, 6.07) is 23.0. The molecule has 1 aliphatic heterocycles. The minimum absolute atomic E-state index is 0.154. The molecule has 0 spiro atoms. The number of phenolic OH excluding ortho intramolecular Hbond substituents is 1. The number of phenols is 1. The van der Waals surface area contributed by atoms with Crippen LogP contribution in [0.2, 0.25) is 0 Å². The average Bonchev–Trinajstić information content (AvgIpc) is 3.52. The van der Waals surface area contributed by atoms with Crippen LogP contribution in [0.3, 0.4) is 0 Å². The van der Waals surface area contributed by atoms with Gasteiger partial charge < -0.3 is 14.6 Å². The summed E-state index contributed by atoms with van der Waals surface area (Å²) < 4.78 is 10.5. The highest BCUT2D eigenvalue weighted by Crippen LogP contribution is 2.42. The van der Waals surface area contributed by atoms with Crippen molar-refractivity contribution in [2.45, 2.75) is 12.5 Å². The summed E-state index contributed by atoms with van der Waals surface area (Å²) in [6.45, 7) is 0. The largest absolute Gasteiger partial charge is 0.508 e. The first kappa shape index (κ1) is 21.0. The zero-order valence-corrected chi connectivity index (χ0v) is 19.1. The van der Waals surface area contributed by atoms with Crippen molar-refractivity contribution in [3.05, 3.63) is 89.3 Å². The molecule has 0 saturated heterocycles. The Bertz CT molecular complexity index is 1280. The van der Waals surface area contributed by atoms with E-state index in [4.69, 9.17) is 19.6 Å². The lowest BCUT2D eigenvalue weighted by molar-refractivity contribution is 0.414. The van der Waals surface area contributed by atoms with Gasteiger partial charge in [0.15, 0.2) is 0 Å². The standard InChI is InChI=1S/C26H23N3O3S/c1-31-19-11-7-17(8-12-19)22-15-24(21-5-3-4-6-25(21)30)29(28-22)26-27-23(16-33-26)18-9-13-20(32-2)14-10-18/h3-14,16,24,30H,15H2,1-2H3. The molecule has 166 valence electrons. The van der Waals surface area contributed by atoms with E-state index in [9.17, 15) is 5.11 Å². The van der Waals surface area contributed by atoms with E-state index in [2.05, 4.69) is 0 Å². The van der Waals surface area contributed by atoms with E-state index in [0.29, 0.717) is 6.42 Å². The normalized spacial score (nSPS) is 15.4. The van der Waals surface area contributed by atoms with Crippen LogP contribution in [0.4, 0.5) is 5.13 Å². The van der Waals surface area contributed by atoms with Crippen molar-refractivity contribution in [2.24, 2.45) is 5.10 Å². The van der Waals surface area contributed by atoms with Crippen molar-refractivity contribution in [1.82, 2.24) is 4.98 Å². The van der Waals surface area contributed by atoms with Crippen molar-refractivity contribution in [2.75, 3.05) is 19.2 Å². The zero-order valence-electron chi connectivity index (χ0n) is 18.3. The fraction of sp³-hybridized carbons (Fsp3) is 0.154. The maximum Gasteiger partial charge on any atom is 0.207 e. The van der Waals surface area contributed by atoms with Crippen LogP contribution in [0, 0.1) is 0 Å². The van der Waals surface area contributed by atoms with Crippen LogP contribution in [0.1, 0.15) is 23.6 Å². The molecule has 0 amide bonds. The molecule has 0 radical (unpaired) electrons. The Morgan fingerprint density at radius 2 is 1.52 bits per heavy atom. The number of nitrogens with zero attached hydrogens (tertiary/aromatic N) is 3. The molecule has 5 rings (SSSR count). The number of aromatic nitrogens is 1. The molecule has 1 N–H and O–H groups in total. The summed E-state index contributed by atoms with van der Waals surface area (Å²) in [6.07, 6.45) is 0.654. The van der Waals surface area contributed by atoms with E-state index < -0.39 is 0 Å². The molecule has 1 aromatic heterocycles. The van der Waals surface area contributed by atoms with Crippen molar-refractivity contribution >= 4 is 22.2 Å². The lowest BCUT2D eigenvalue weighted by Gasteiger charge is -2.21. The molecule has 1 atom stereocenters. The van der Waals surface area contributed by atoms with Crippen LogP contribution in [0.5, 0.6) is 17.2 Å². The fourth-order valence-electron chi connectivity index (χ4n) is 3.92. The number of benzene rings is 3. The van der Waals surface area contributed by atoms with Crippen molar-refractivity contribution in [1.29, 1.82) is 0 Å². The number of thiazole rings is 1. The number of ether oxygens (including phenoxy) is 2. The molecule has 2 heterocycles. The smallest absolute Gasteiger partial charge is 0.207 e. The molecule has 7 heteroatoms. The highest BCUT2D eigenvalue weighted by molar-refractivity contribution is 7.14. The summed E-state index contributed by atoms with van der Waals surface area (Å²) in [5, 5.41) is 20.2. The van der Waals surface area contributed by atoms with Gasteiger partial charge >= 0.3 is 0 Å². The van der Waals surface area contributed by atoms with E-state index in [-0.39, 0.29) is 11.8 Å². The number of methoxy groups -OCH3 is 2. The fourth-order valence-corrected chi connectivity index (χ4v) is 4.75. The van der Waals surface area contributed by atoms with E-state index in [1.807, 2.05) is 77.1 Å². The van der Waals surface area contributed by atoms with Gasteiger partial charge in [0.2, 0.25) is 5.13 Å². The highest BCUT2D eigenvalue weighted by Gasteiger charge is 2.33. The maximum atomic E-state index is 10.6. The van der Waals surface area contributed by atoms with Gasteiger partial charge in [0.1, 0.15) is 17.2 Å². The van der Waals surface area contributed by atoms with Gasteiger partial charge in [-0.1, -0.05) is 18.2 Å². The third kappa shape index (κ3) is 4.15. The van der Waals surface area contributed by atoms with Crippen molar-refractivity contribution in [3.8, 4) is 28.5 Å². The predicted octanol–water partition coefficient (Wildman–Crippen LogP) is 5.89. The molecule has 1 aliphatic rings. The molecule has 1 unspecified atom stereocenters. The molecule has 33 heavy (non-hydrogen) atoms. The second-order valence-corrected chi connectivity index (χ2v) is 8.48. The summed E-state index contributed by atoms with van der Waals surface area (Å²) in [5.74, 6) is 1.86. The number of hydrogen-bond donors (Lipinski definition) is 1. The Balaban J connectivity index is 1.51. The third-order valence-corrected chi connectivity index (χ3v) is 6.53. The second kappa shape index (κ2) is 8.96. The molecule has 0 fully saturated rings. The molecule has 0 aliphatic carbocycles. The number of rotatable bonds is 6. The van der Waals surface area contributed by atoms with Crippen LogP contribution >= 0.6 is 11.3 Å². The van der Waals surface area contributed by atoms with Gasteiger partial charge in [-0.2, -0.15) is 5.10 Å². The lowest BCUT2D eigenvalue weighted by atomic mass is 9.98. The number of anilines is 1. The number of aromatic hydroxyl groups is 1. The number of para-hydroxylation sites is 1. The summed E-state index contributed by atoms with van der Waals surface area (Å²) in [5.41, 5.74) is 4.67. The van der Waals surface area contributed by atoms with Crippen LogP contribution in [0.25, 0.3) is 11.3 Å². The topological polar surface area (TPSA) is 67.2 Å². The SMILES string of the molecule is COc1ccc(C2=NN(c3nc(-c4ccc(OC)cc4)cs3)C(c3ccccc3O)C2)cc1. The monoisotopic (exact) mass is 457 g/mol. The first-order valence-corrected chi connectivity index (χ1v) is 11.4. The van der Waals surface area contributed by atoms with Crippen LogP contribution in [-0.4, -0.2) is 30.0 Å². The van der Waals surface area contributed by atoms with Gasteiger partial charge in [-0.25, -0.2) is 9.99 Å². The summed E-state index contributed by atoms with van der Waals surface area (Å²) in [4.78, 5) is 4.87. The van der Waals surface area contributed by atoms with Gasteiger partial charge in [0.25, 0.3) is 0 Å². The van der Waals surface area contributed by atoms with Gasteiger partial charge in [0.05, 0.1) is 31.7 Å². The van der Waals surface area contributed by atoms with Gasteiger partial charge in [-0.3, -0.25) is 0 Å². The molecular formula is C26H23N3O3S. The minimum atomic E-state index is -0.154. The summed E-state index contributed by atoms with van der Waals surface area (Å²) >= 11 is 1.53. The molecule has 0 bridgehead atoms. The Kier molecular flexibility index (Phi) is 5.71. The third-order valence-electron chi connectivity index (χ3n) is 5.70. The number of hydrazone groups is 1. The van der Waals surface area contributed by atoms with E-state index in [1.165, 1.54) is 11.3 Å². The Labute approximate surface area is 196 Å². The Morgan fingerprint density at radius 1 is 0.879 bits per heavy atom. The van der Waals surface area contributed by atoms with Crippen molar-refractivity contribution in [3.63, 3.8) is 0 Å².